The Bertz CT molecular complexity index is 360. The minimum Gasteiger partial charge on any atom is -0.478 e. The molecule has 4 nitrogen and oxygen atoms in total. The normalized spacial score (nSPS) is 9.87. The van der Waals surface area contributed by atoms with Crippen LogP contribution in [-0.4, -0.2) is 16.1 Å². The summed E-state index contributed by atoms with van der Waals surface area (Å²) in [5, 5.41) is 8.62. The summed E-state index contributed by atoms with van der Waals surface area (Å²) in [5.74, 6) is -1.43. The van der Waals surface area contributed by atoms with Crippen LogP contribution in [0, 0.1) is 0 Å². The zero-order chi connectivity index (χ0) is 10.7. The molecule has 0 saturated carbocycles. The topological polar surface area (TPSA) is 76.2 Å². The fourth-order valence-electron chi connectivity index (χ4n) is 0.975. The van der Waals surface area contributed by atoms with Crippen molar-refractivity contribution in [2.24, 2.45) is 5.73 Å². The van der Waals surface area contributed by atoms with Gasteiger partial charge in [-0.3, -0.25) is 4.98 Å². The molecule has 15 heavy (non-hydrogen) atoms. The molecule has 0 aliphatic carbocycles. The Kier molecular flexibility index (Phi) is 5.10. The molecule has 0 radical (unpaired) electrons. The van der Waals surface area contributed by atoms with E-state index in [1.165, 1.54) is 0 Å². The first-order chi connectivity index (χ1) is 6.56. The summed E-state index contributed by atoms with van der Waals surface area (Å²) < 4.78 is 24.5. The van der Waals surface area contributed by atoms with Crippen molar-refractivity contribution < 1.29 is 18.7 Å². The predicted octanol–water partition coefficient (Wildman–Crippen LogP) is 1.60. The molecule has 1 heterocycles. The quantitative estimate of drug-likeness (QED) is 0.839. The van der Waals surface area contributed by atoms with E-state index in [0.717, 1.165) is 12.3 Å². The van der Waals surface area contributed by atoms with E-state index in [1.54, 1.807) is 0 Å². The lowest BCUT2D eigenvalue weighted by Crippen LogP contribution is -2.08. The average Bonchev–Trinajstić information content (AvgIpc) is 2.16. The molecule has 0 saturated heterocycles. The molecule has 0 aliphatic heterocycles. The van der Waals surface area contributed by atoms with Crippen molar-refractivity contribution >= 4 is 18.4 Å². The number of hydrogen-bond acceptors (Lipinski definition) is 3. The Balaban J connectivity index is 0.00000196. The van der Waals surface area contributed by atoms with Crippen LogP contribution in [0.5, 0.6) is 0 Å². The van der Waals surface area contributed by atoms with Crippen LogP contribution in [0.15, 0.2) is 12.3 Å². The lowest BCUT2D eigenvalue weighted by Gasteiger charge is -2.05. The van der Waals surface area contributed by atoms with Crippen LogP contribution in [0.25, 0.3) is 0 Å². The highest BCUT2D eigenvalue weighted by Crippen LogP contribution is 2.21. The molecule has 0 fully saturated rings. The Morgan fingerprint density at radius 2 is 2.20 bits per heavy atom. The number of aromatic carboxylic acids is 1. The molecule has 0 amide bonds. The molecular formula is C8H9ClF2N2O2. The maximum absolute atomic E-state index is 12.3. The Morgan fingerprint density at radius 3 is 2.60 bits per heavy atom. The van der Waals surface area contributed by atoms with Crippen molar-refractivity contribution in [1.82, 2.24) is 4.98 Å². The molecule has 0 atom stereocenters. The maximum Gasteiger partial charge on any atom is 0.337 e. The highest BCUT2D eigenvalue weighted by atomic mass is 35.5. The van der Waals surface area contributed by atoms with E-state index in [9.17, 15) is 13.6 Å². The molecule has 1 rings (SSSR count). The van der Waals surface area contributed by atoms with Gasteiger partial charge in [0.05, 0.1) is 5.56 Å². The number of halogens is 3. The van der Waals surface area contributed by atoms with Crippen LogP contribution < -0.4 is 5.73 Å². The second-order valence-corrected chi connectivity index (χ2v) is 2.59. The summed E-state index contributed by atoms with van der Waals surface area (Å²) in [5.41, 5.74) is 4.41. The van der Waals surface area contributed by atoms with Gasteiger partial charge in [0.25, 0.3) is 6.43 Å². The maximum atomic E-state index is 12.3. The van der Waals surface area contributed by atoms with Gasteiger partial charge < -0.3 is 10.8 Å². The third-order valence-electron chi connectivity index (χ3n) is 1.65. The van der Waals surface area contributed by atoms with Gasteiger partial charge in [0, 0.05) is 12.7 Å². The van der Waals surface area contributed by atoms with E-state index in [-0.39, 0.29) is 19.0 Å². The minimum absolute atomic E-state index is 0. The minimum atomic E-state index is -2.90. The molecule has 84 valence electrons. The number of rotatable bonds is 3. The molecule has 1 aromatic rings. The van der Waals surface area contributed by atoms with E-state index in [2.05, 4.69) is 4.98 Å². The van der Waals surface area contributed by atoms with Crippen LogP contribution in [0.4, 0.5) is 8.78 Å². The van der Waals surface area contributed by atoms with Gasteiger partial charge in [0.1, 0.15) is 5.69 Å². The standard InChI is InChI=1S/C8H8F2N2O2.ClH/c9-7(10)6-5(8(13)14)1-4(2-11)3-12-6;/h1,3,7H,2,11H2,(H,13,14);1H. The lowest BCUT2D eigenvalue weighted by molar-refractivity contribution is 0.0682. The Hall–Kier alpha value is -1.27. The van der Waals surface area contributed by atoms with Crippen molar-refractivity contribution in [3.8, 4) is 0 Å². The van der Waals surface area contributed by atoms with Crippen molar-refractivity contribution in [2.45, 2.75) is 13.0 Å². The van der Waals surface area contributed by atoms with Crippen LogP contribution in [0.3, 0.4) is 0 Å². The third-order valence-corrected chi connectivity index (χ3v) is 1.65. The number of alkyl halides is 2. The summed E-state index contributed by atoms with van der Waals surface area (Å²) in [6.45, 7) is 0.0663. The van der Waals surface area contributed by atoms with Gasteiger partial charge in [-0.05, 0) is 11.6 Å². The third kappa shape index (κ3) is 3.10. The van der Waals surface area contributed by atoms with E-state index in [4.69, 9.17) is 10.8 Å². The Labute approximate surface area is 90.5 Å². The number of carboxylic acids is 1. The first-order valence-electron chi connectivity index (χ1n) is 3.76. The summed E-state index contributed by atoms with van der Waals surface area (Å²) >= 11 is 0. The van der Waals surface area contributed by atoms with Gasteiger partial charge in [-0.1, -0.05) is 0 Å². The Morgan fingerprint density at radius 1 is 1.60 bits per heavy atom. The highest BCUT2D eigenvalue weighted by molar-refractivity contribution is 5.89. The molecule has 3 N–H and O–H groups in total. The molecule has 7 heteroatoms. The fraction of sp³-hybridized carbons (Fsp3) is 0.250. The van der Waals surface area contributed by atoms with E-state index in [1.807, 2.05) is 0 Å². The highest BCUT2D eigenvalue weighted by Gasteiger charge is 2.19. The van der Waals surface area contributed by atoms with Gasteiger partial charge in [0.15, 0.2) is 0 Å². The summed E-state index contributed by atoms with van der Waals surface area (Å²) in [6.07, 6.45) is -1.75. The second kappa shape index (κ2) is 5.57. The number of carboxylic acid groups (broad SMARTS) is 1. The number of nitrogens with zero attached hydrogens (tertiary/aromatic N) is 1. The van der Waals surface area contributed by atoms with E-state index < -0.39 is 23.7 Å². The van der Waals surface area contributed by atoms with E-state index in [0.29, 0.717) is 5.56 Å². The molecular weight excluding hydrogens is 230 g/mol. The zero-order valence-electron chi connectivity index (χ0n) is 7.48. The molecule has 0 aliphatic rings. The van der Waals surface area contributed by atoms with Crippen molar-refractivity contribution in [3.63, 3.8) is 0 Å². The molecule has 0 unspecified atom stereocenters. The van der Waals surface area contributed by atoms with Crippen LogP contribution in [-0.2, 0) is 6.54 Å². The van der Waals surface area contributed by atoms with Crippen molar-refractivity contribution in [1.29, 1.82) is 0 Å². The number of aromatic nitrogens is 1. The number of carbonyl (C=O) groups is 1. The van der Waals surface area contributed by atoms with Gasteiger partial charge in [0.2, 0.25) is 0 Å². The second-order valence-electron chi connectivity index (χ2n) is 2.59. The van der Waals surface area contributed by atoms with Gasteiger partial charge in [-0.25, -0.2) is 13.6 Å². The van der Waals surface area contributed by atoms with Crippen molar-refractivity contribution in [2.75, 3.05) is 0 Å². The summed E-state index contributed by atoms with van der Waals surface area (Å²) in [6, 6.07) is 1.11. The van der Waals surface area contributed by atoms with Gasteiger partial charge in [-0.2, -0.15) is 0 Å². The molecule has 0 spiro atoms. The van der Waals surface area contributed by atoms with Crippen LogP contribution in [0.1, 0.15) is 28.0 Å². The smallest absolute Gasteiger partial charge is 0.337 e. The fourth-order valence-corrected chi connectivity index (χ4v) is 0.975. The monoisotopic (exact) mass is 238 g/mol. The van der Waals surface area contributed by atoms with Crippen molar-refractivity contribution in [3.05, 3.63) is 29.1 Å². The summed E-state index contributed by atoms with van der Waals surface area (Å²) in [7, 11) is 0. The van der Waals surface area contributed by atoms with Crippen LogP contribution in [0.2, 0.25) is 0 Å². The average molecular weight is 239 g/mol. The first kappa shape index (κ1) is 13.7. The lowest BCUT2D eigenvalue weighted by atomic mass is 10.1. The summed E-state index contributed by atoms with van der Waals surface area (Å²) in [4.78, 5) is 13.9. The molecule has 0 bridgehead atoms. The van der Waals surface area contributed by atoms with Gasteiger partial charge in [-0.15, -0.1) is 12.4 Å². The number of nitrogens with two attached hydrogens (primary N) is 1. The number of hydrogen-bond donors (Lipinski definition) is 2. The molecule has 1 aromatic heterocycles. The van der Waals surface area contributed by atoms with Gasteiger partial charge >= 0.3 is 5.97 Å². The van der Waals surface area contributed by atoms with Crippen LogP contribution >= 0.6 is 12.4 Å². The number of pyridine rings is 1. The van der Waals surface area contributed by atoms with E-state index >= 15 is 0 Å². The molecule has 0 aromatic carbocycles. The first-order valence-corrected chi connectivity index (χ1v) is 3.76. The largest absolute Gasteiger partial charge is 0.478 e. The predicted molar refractivity (Wildman–Crippen MR) is 51.3 cm³/mol. The SMILES string of the molecule is Cl.NCc1cnc(C(F)F)c(C(=O)O)c1. The zero-order valence-corrected chi connectivity index (χ0v) is 8.30.